The van der Waals surface area contributed by atoms with Crippen LogP contribution in [0.15, 0.2) is 70.5 Å². The highest BCUT2D eigenvalue weighted by molar-refractivity contribution is 7.99. The Morgan fingerprint density at radius 3 is 2.44 bits per heavy atom. The van der Waals surface area contributed by atoms with Gasteiger partial charge >= 0.3 is 0 Å². The summed E-state index contributed by atoms with van der Waals surface area (Å²) in [6, 6.07) is 17.4. The van der Waals surface area contributed by atoms with E-state index in [-0.39, 0.29) is 5.91 Å². The van der Waals surface area contributed by atoms with Crippen LogP contribution in [0.1, 0.15) is 21.7 Å². The first-order chi connectivity index (χ1) is 12.0. The smallest absolute Gasteiger partial charge is 0.267 e. The summed E-state index contributed by atoms with van der Waals surface area (Å²) in [5.41, 5.74) is 2.65. The summed E-state index contributed by atoms with van der Waals surface area (Å²) >= 11 is 7.51. The van der Waals surface area contributed by atoms with Gasteiger partial charge in [-0.3, -0.25) is 4.79 Å². The third-order valence-electron chi connectivity index (χ3n) is 3.69. The molecule has 0 aliphatic carbocycles. The molecule has 0 saturated heterocycles. The quantitative estimate of drug-likeness (QED) is 0.557. The third-order valence-corrected chi connectivity index (χ3v) is 5.24. The summed E-state index contributed by atoms with van der Waals surface area (Å²) in [6.07, 6.45) is 3.34. The van der Waals surface area contributed by atoms with Crippen LogP contribution in [0.2, 0.25) is 5.02 Å². The Labute approximate surface area is 156 Å². The highest BCUT2D eigenvalue weighted by atomic mass is 35.5. The van der Waals surface area contributed by atoms with Gasteiger partial charge in [-0.05, 0) is 49.8 Å². The Balaban J connectivity index is 1.82. The number of hydrogen-bond donors (Lipinski definition) is 0. The normalized spacial score (nSPS) is 11.2. The van der Waals surface area contributed by atoms with Crippen molar-refractivity contribution in [2.24, 2.45) is 0 Å². The lowest BCUT2D eigenvalue weighted by atomic mass is 10.2. The fourth-order valence-electron chi connectivity index (χ4n) is 2.41. The van der Waals surface area contributed by atoms with Gasteiger partial charge in [0.1, 0.15) is 0 Å². The summed E-state index contributed by atoms with van der Waals surface area (Å²) in [7, 11) is 0. The molecule has 0 amide bonds. The lowest BCUT2D eigenvalue weighted by molar-refractivity contribution is 0.0952. The molecule has 25 heavy (non-hydrogen) atoms. The van der Waals surface area contributed by atoms with E-state index in [1.165, 1.54) is 4.68 Å². The number of aromatic nitrogens is 2. The van der Waals surface area contributed by atoms with Gasteiger partial charge in [0.2, 0.25) is 0 Å². The molecule has 0 spiro atoms. The van der Waals surface area contributed by atoms with Crippen LogP contribution >= 0.6 is 23.4 Å². The first kappa shape index (κ1) is 17.5. The number of carbonyl (C=O) groups excluding carboxylic acids is 1. The van der Waals surface area contributed by atoms with Crippen molar-refractivity contribution in [1.29, 1.82) is 0 Å². The van der Waals surface area contributed by atoms with Crippen molar-refractivity contribution in [3.63, 3.8) is 0 Å². The zero-order valence-corrected chi connectivity index (χ0v) is 15.5. The van der Waals surface area contributed by atoms with Crippen LogP contribution in [0.5, 0.6) is 0 Å². The molecule has 0 bridgehead atoms. The molecule has 3 nitrogen and oxygen atoms in total. The second-order valence-corrected chi connectivity index (χ2v) is 7.07. The van der Waals surface area contributed by atoms with Crippen molar-refractivity contribution >= 4 is 35.3 Å². The number of aryl methyl sites for hydroxylation is 1. The number of benzene rings is 2. The van der Waals surface area contributed by atoms with Crippen LogP contribution in [0.4, 0.5) is 0 Å². The van der Waals surface area contributed by atoms with Crippen molar-refractivity contribution in [1.82, 2.24) is 9.78 Å². The number of hydrogen-bond acceptors (Lipinski definition) is 3. The molecular formula is C20H17ClN2OS. The minimum atomic E-state index is -0.160. The number of allylic oxidation sites excluding steroid dienone is 1. The zero-order valence-electron chi connectivity index (χ0n) is 13.9. The van der Waals surface area contributed by atoms with Crippen molar-refractivity contribution in [2.75, 3.05) is 0 Å². The average molecular weight is 369 g/mol. The summed E-state index contributed by atoms with van der Waals surface area (Å²) < 4.78 is 1.45. The van der Waals surface area contributed by atoms with Crippen LogP contribution in [0.25, 0.3) is 6.08 Å². The molecule has 0 radical (unpaired) electrons. The van der Waals surface area contributed by atoms with Crippen LogP contribution in [-0.4, -0.2) is 15.7 Å². The predicted octanol–water partition coefficient (Wildman–Crippen LogP) is 5.66. The topological polar surface area (TPSA) is 34.9 Å². The molecule has 0 aliphatic rings. The Bertz CT molecular complexity index is 915. The Morgan fingerprint density at radius 1 is 1.08 bits per heavy atom. The van der Waals surface area contributed by atoms with Crippen LogP contribution < -0.4 is 0 Å². The monoisotopic (exact) mass is 368 g/mol. The summed E-state index contributed by atoms with van der Waals surface area (Å²) in [6.45, 7) is 3.82. The minimum Gasteiger partial charge on any atom is -0.267 e. The molecule has 3 rings (SSSR count). The van der Waals surface area contributed by atoms with Gasteiger partial charge in [-0.25, -0.2) is 4.68 Å². The maximum absolute atomic E-state index is 12.5. The molecule has 2 aromatic carbocycles. The van der Waals surface area contributed by atoms with Gasteiger partial charge in [0.15, 0.2) is 0 Å². The largest absolute Gasteiger partial charge is 0.271 e. The highest BCUT2D eigenvalue weighted by Gasteiger charge is 2.16. The van der Waals surface area contributed by atoms with E-state index >= 15 is 0 Å². The number of carbonyl (C=O) groups is 1. The van der Waals surface area contributed by atoms with Gasteiger partial charge < -0.3 is 0 Å². The molecule has 0 unspecified atom stereocenters. The first-order valence-corrected chi connectivity index (χ1v) is 9.01. The third kappa shape index (κ3) is 4.21. The molecule has 0 N–H and O–H groups in total. The van der Waals surface area contributed by atoms with E-state index in [0.717, 1.165) is 26.7 Å². The summed E-state index contributed by atoms with van der Waals surface area (Å²) in [5, 5.41) is 5.11. The van der Waals surface area contributed by atoms with Crippen molar-refractivity contribution < 1.29 is 4.79 Å². The molecule has 0 aliphatic heterocycles. The van der Waals surface area contributed by atoms with E-state index in [1.54, 1.807) is 23.9 Å². The average Bonchev–Trinajstić information content (AvgIpc) is 2.90. The number of rotatable bonds is 4. The fourth-order valence-corrected chi connectivity index (χ4v) is 3.47. The maximum atomic E-state index is 12.5. The van der Waals surface area contributed by atoms with E-state index in [0.29, 0.717) is 5.02 Å². The molecule has 126 valence electrons. The zero-order chi connectivity index (χ0) is 17.8. The molecule has 1 aromatic heterocycles. The minimum absolute atomic E-state index is 0.160. The molecule has 1 heterocycles. The molecular weight excluding hydrogens is 352 g/mol. The van der Waals surface area contributed by atoms with Crippen LogP contribution in [0, 0.1) is 13.8 Å². The highest BCUT2D eigenvalue weighted by Crippen LogP contribution is 2.33. The lowest BCUT2D eigenvalue weighted by Gasteiger charge is -2.03. The van der Waals surface area contributed by atoms with E-state index in [1.807, 2.05) is 68.4 Å². The Kier molecular flexibility index (Phi) is 5.41. The first-order valence-electron chi connectivity index (χ1n) is 7.81. The molecule has 0 fully saturated rings. The SMILES string of the molecule is Cc1nn(C(=O)/C=C/c2ccccc2)c(C)c1Sc1ccc(Cl)cc1. The van der Waals surface area contributed by atoms with E-state index in [9.17, 15) is 4.79 Å². The number of nitrogens with zero attached hydrogens (tertiary/aromatic N) is 2. The Hall–Kier alpha value is -2.30. The van der Waals surface area contributed by atoms with Crippen molar-refractivity contribution in [2.45, 2.75) is 23.6 Å². The van der Waals surface area contributed by atoms with Crippen molar-refractivity contribution in [3.8, 4) is 0 Å². The van der Waals surface area contributed by atoms with Crippen LogP contribution in [-0.2, 0) is 0 Å². The van der Waals surface area contributed by atoms with Gasteiger partial charge in [-0.15, -0.1) is 0 Å². The van der Waals surface area contributed by atoms with E-state index < -0.39 is 0 Å². The van der Waals surface area contributed by atoms with E-state index in [4.69, 9.17) is 11.6 Å². The van der Waals surface area contributed by atoms with Crippen molar-refractivity contribution in [3.05, 3.63) is 82.6 Å². The standard InChI is InChI=1S/C20H17ClN2OS/c1-14-20(25-18-11-9-17(21)10-12-18)15(2)23(22-14)19(24)13-8-16-6-4-3-5-7-16/h3-13H,1-2H3/b13-8+. The molecule has 0 saturated carbocycles. The summed E-state index contributed by atoms with van der Waals surface area (Å²) in [5.74, 6) is -0.160. The second kappa shape index (κ2) is 7.72. The number of halogens is 1. The van der Waals surface area contributed by atoms with Gasteiger partial charge in [-0.2, -0.15) is 5.10 Å². The van der Waals surface area contributed by atoms with Gasteiger partial charge in [0.25, 0.3) is 5.91 Å². The second-order valence-electron chi connectivity index (χ2n) is 5.55. The van der Waals surface area contributed by atoms with Gasteiger partial charge in [0, 0.05) is 16.0 Å². The van der Waals surface area contributed by atoms with Gasteiger partial charge in [-0.1, -0.05) is 53.7 Å². The molecule has 0 atom stereocenters. The Morgan fingerprint density at radius 2 is 1.76 bits per heavy atom. The molecule has 5 heteroatoms. The molecule has 3 aromatic rings. The lowest BCUT2D eigenvalue weighted by Crippen LogP contribution is -2.11. The predicted molar refractivity (Wildman–Crippen MR) is 103 cm³/mol. The maximum Gasteiger partial charge on any atom is 0.271 e. The van der Waals surface area contributed by atoms with E-state index in [2.05, 4.69) is 5.10 Å². The summed E-state index contributed by atoms with van der Waals surface area (Å²) in [4.78, 5) is 14.5. The van der Waals surface area contributed by atoms with Crippen LogP contribution in [0.3, 0.4) is 0 Å². The van der Waals surface area contributed by atoms with Gasteiger partial charge in [0.05, 0.1) is 16.3 Å². The fraction of sp³-hybridized carbons (Fsp3) is 0.100.